The van der Waals surface area contributed by atoms with E-state index in [-0.39, 0.29) is 30.3 Å². The van der Waals surface area contributed by atoms with Crippen LogP contribution >= 0.6 is 24.2 Å². The molecule has 86 valence electrons. The van der Waals surface area contributed by atoms with Crippen molar-refractivity contribution in [2.24, 2.45) is 11.7 Å². The van der Waals surface area contributed by atoms with Gasteiger partial charge in [0.1, 0.15) is 0 Å². The SMILES string of the molecule is CSC(C)CNC(=O)C(C)C(C)N.Cl. The molecule has 0 radical (unpaired) electrons. The lowest BCUT2D eigenvalue weighted by Gasteiger charge is -2.16. The van der Waals surface area contributed by atoms with Crippen molar-refractivity contribution in [2.45, 2.75) is 32.1 Å². The molecular formula is C9H21ClN2OS. The van der Waals surface area contributed by atoms with Crippen LogP contribution in [0.2, 0.25) is 0 Å². The van der Waals surface area contributed by atoms with Gasteiger partial charge in [0.05, 0.1) is 0 Å². The van der Waals surface area contributed by atoms with Crippen molar-refractivity contribution >= 4 is 30.1 Å². The number of amides is 1. The van der Waals surface area contributed by atoms with Crippen LogP contribution in [0.25, 0.3) is 0 Å². The van der Waals surface area contributed by atoms with Crippen molar-refractivity contribution in [3.05, 3.63) is 0 Å². The molecule has 14 heavy (non-hydrogen) atoms. The summed E-state index contributed by atoms with van der Waals surface area (Å²) in [4.78, 5) is 11.4. The summed E-state index contributed by atoms with van der Waals surface area (Å²) in [5.74, 6) is -0.0510. The van der Waals surface area contributed by atoms with Gasteiger partial charge in [0, 0.05) is 23.8 Å². The number of nitrogens with one attached hydrogen (secondary N) is 1. The van der Waals surface area contributed by atoms with Gasteiger partial charge < -0.3 is 11.1 Å². The lowest BCUT2D eigenvalue weighted by atomic mass is 10.0. The van der Waals surface area contributed by atoms with E-state index in [0.717, 1.165) is 6.54 Å². The van der Waals surface area contributed by atoms with Gasteiger partial charge in [0.25, 0.3) is 0 Å². The van der Waals surface area contributed by atoms with E-state index in [1.807, 2.05) is 20.1 Å². The third kappa shape index (κ3) is 6.51. The van der Waals surface area contributed by atoms with E-state index >= 15 is 0 Å². The molecule has 1 amide bonds. The largest absolute Gasteiger partial charge is 0.355 e. The maximum absolute atomic E-state index is 11.4. The van der Waals surface area contributed by atoms with Crippen LogP contribution in [0.3, 0.4) is 0 Å². The summed E-state index contributed by atoms with van der Waals surface area (Å²) in [5, 5.41) is 3.34. The molecule has 0 aliphatic carbocycles. The second kappa shape index (κ2) is 8.38. The van der Waals surface area contributed by atoms with E-state index < -0.39 is 0 Å². The molecule has 0 aromatic carbocycles. The van der Waals surface area contributed by atoms with Gasteiger partial charge in [0.15, 0.2) is 0 Å². The average molecular weight is 241 g/mol. The second-order valence-electron chi connectivity index (χ2n) is 3.44. The van der Waals surface area contributed by atoms with Crippen molar-refractivity contribution in [3.63, 3.8) is 0 Å². The molecule has 0 bridgehead atoms. The van der Waals surface area contributed by atoms with Crippen molar-refractivity contribution < 1.29 is 4.79 Å². The molecule has 3 atom stereocenters. The smallest absolute Gasteiger partial charge is 0.224 e. The first kappa shape index (κ1) is 16.5. The molecule has 3 N–H and O–H groups in total. The van der Waals surface area contributed by atoms with E-state index in [1.165, 1.54) is 0 Å². The number of rotatable bonds is 5. The maximum atomic E-state index is 11.4. The van der Waals surface area contributed by atoms with Crippen LogP contribution < -0.4 is 11.1 Å². The minimum atomic E-state index is -0.103. The van der Waals surface area contributed by atoms with E-state index in [0.29, 0.717) is 5.25 Å². The van der Waals surface area contributed by atoms with Crippen LogP contribution in [0.15, 0.2) is 0 Å². The Balaban J connectivity index is 0. The molecule has 0 saturated heterocycles. The van der Waals surface area contributed by atoms with Crippen molar-refractivity contribution in [2.75, 3.05) is 12.8 Å². The first-order valence-corrected chi connectivity index (χ1v) is 5.84. The molecule has 0 spiro atoms. The molecule has 0 aromatic heterocycles. The third-order valence-corrected chi connectivity index (χ3v) is 3.14. The quantitative estimate of drug-likeness (QED) is 0.761. The number of nitrogens with two attached hydrogens (primary N) is 1. The lowest BCUT2D eigenvalue weighted by molar-refractivity contribution is -0.124. The molecule has 0 heterocycles. The molecular weight excluding hydrogens is 220 g/mol. The average Bonchev–Trinajstić information content (AvgIpc) is 2.11. The fraction of sp³-hybridized carbons (Fsp3) is 0.889. The Morgan fingerprint density at radius 2 is 1.93 bits per heavy atom. The molecule has 5 heteroatoms. The van der Waals surface area contributed by atoms with Crippen LogP contribution in [-0.4, -0.2) is 30.0 Å². The highest BCUT2D eigenvalue weighted by Gasteiger charge is 2.16. The molecule has 0 saturated carbocycles. The Morgan fingerprint density at radius 3 is 2.29 bits per heavy atom. The van der Waals surface area contributed by atoms with E-state index in [9.17, 15) is 4.79 Å². The van der Waals surface area contributed by atoms with Crippen molar-refractivity contribution in [1.82, 2.24) is 5.32 Å². The van der Waals surface area contributed by atoms with Gasteiger partial charge in [-0.25, -0.2) is 0 Å². The fourth-order valence-corrected chi connectivity index (χ4v) is 0.977. The Labute approximate surface area is 97.0 Å². The Bertz CT molecular complexity index is 167. The van der Waals surface area contributed by atoms with Crippen LogP contribution in [0, 0.1) is 5.92 Å². The number of carbonyl (C=O) groups excluding carboxylic acids is 1. The molecule has 0 fully saturated rings. The van der Waals surface area contributed by atoms with Gasteiger partial charge in [-0.1, -0.05) is 13.8 Å². The summed E-state index contributed by atoms with van der Waals surface area (Å²) in [6.07, 6.45) is 2.03. The minimum absolute atomic E-state index is 0. The van der Waals surface area contributed by atoms with Crippen LogP contribution in [-0.2, 0) is 4.79 Å². The zero-order valence-corrected chi connectivity index (χ0v) is 10.9. The van der Waals surface area contributed by atoms with E-state index in [1.54, 1.807) is 11.8 Å². The van der Waals surface area contributed by atoms with Crippen LogP contribution in [0.4, 0.5) is 0 Å². The lowest BCUT2D eigenvalue weighted by Crippen LogP contribution is -2.40. The third-order valence-electron chi connectivity index (χ3n) is 2.17. The summed E-state index contributed by atoms with van der Waals surface area (Å²) in [6.45, 7) is 6.50. The summed E-state index contributed by atoms with van der Waals surface area (Å²) in [7, 11) is 0. The van der Waals surface area contributed by atoms with Gasteiger partial charge in [-0.15, -0.1) is 12.4 Å². The van der Waals surface area contributed by atoms with Gasteiger partial charge in [-0.05, 0) is 13.2 Å². The maximum Gasteiger partial charge on any atom is 0.224 e. The minimum Gasteiger partial charge on any atom is -0.355 e. The summed E-state index contributed by atoms with van der Waals surface area (Å²) >= 11 is 1.74. The van der Waals surface area contributed by atoms with Gasteiger partial charge >= 0.3 is 0 Å². The van der Waals surface area contributed by atoms with E-state index in [4.69, 9.17) is 5.73 Å². The number of thioether (sulfide) groups is 1. The predicted octanol–water partition coefficient (Wildman–Crippen LogP) is 1.26. The number of carbonyl (C=O) groups is 1. The molecule has 0 rings (SSSR count). The molecule has 3 nitrogen and oxygen atoms in total. The van der Waals surface area contributed by atoms with Crippen LogP contribution in [0.5, 0.6) is 0 Å². The highest BCUT2D eigenvalue weighted by atomic mass is 35.5. The molecule has 3 unspecified atom stereocenters. The summed E-state index contributed by atoms with van der Waals surface area (Å²) < 4.78 is 0. The summed E-state index contributed by atoms with van der Waals surface area (Å²) in [5.41, 5.74) is 5.61. The first-order valence-electron chi connectivity index (χ1n) is 4.55. The monoisotopic (exact) mass is 240 g/mol. The van der Waals surface area contributed by atoms with Gasteiger partial charge in [0.2, 0.25) is 5.91 Å². The first-order chi connectivity index (χ1) is 5.99. The number of halogens is 1. The second-order valence-corrected chi connectivity index (χ2v) is 4.72. The molecule has 0 aromatic rings. The highest BCUT2D eigenvalue weighted by Crippen LogP contribution is 2.04. The van der Waals surface area contributed by atoms with Crippen molar-refractivity contribution in [1.29, 1.82) is 0 Å². The Morgan fingerprint density at radius 1 is 1.43 bits per heavy atom. The standard InChI is InChI=1S/C9H20N2OS.ClH/c1-6(13-4)5-11-9(12)7(2)8(3)10;/h6-8H,5,10H2,1-4H3,(H,11,12);1H. The van der Waals surface area contributed by atoms with E-state index in [2.05, 4.69) is 12.2 Å². The zero-order valence-electron chi connectivity index (χ0n) is 9.24. The normalized spacial score (nSPS) is 16.4. The van der Waals surface area contributed by atoms with Crippen LogP contribution in [0.1, 0.15) is 20.8 Å². The van der Waals surface area contributed by atoms with Crippen molar-refractivity contribution in [3.8, 4) is 0 Å². The zero-order chi connectivity index (χ0) is 10.4. The predicted molar refractivity (Wildman–Crippen MR) is 66.0 cm³/mol. The van der Waals surface area contributed by atoms with Gasteiger partial charge in [-0.3, -0.25) is 4.79 Å². The Kier molecular flexibility index (Phi) is 9.88. The fourth-order valence-electron chi connectivity index (χ4n) is 0.727. The summed E-state index contributed by atoms with van der Waals surface area (Å²) in [6, 6.07) is -0.0791. The molecule has 0 aliphatic rings. The molecule has 0 aliphatic heterocycles. The highest BCUT2D eigenvalue weighted by molar-refractivity contribution is 7.99. The van der Waals surface area contributed by atoms with Gasteiger partial charge in [-0.2, -0.15) is 11.8 Å². The number of hydrogen-bond donors (Lipinski definition) is 2. The number of hydrogen-bond acceptors (Lipinski definition) is 3. The Hall–Kier alpha value is 0.0700. The topological polar surface area (TPSA) is 55.1 Å².